The Morgan fingerprint density at radius 1 is 1.12 bits per heavy atom. The smallest absolute Gasteiger partial charge is 0.302 e. The molecule has 4 heteroatoms. The number of ether oxygens (including phenoxy) is 1. The van der Waals surface area contributed by atoms with Crippen LogP contribution < -0.4 is 0 Å². The predicted octanol–water partition coefficient (Wildman–Crippen LogP) is 3.71. The summed E-state index contributed by atoms with van der Waals surface area (Å²) in [6.45, 7) is 5.83. The maximum absolute atomic E-state index is 13.2. The molecule has 0 aromatic heterocycles. The van der Waals surface area contributed by atoms with Crippen LogP contribution in [0.15, 0.2) is 0 Å². The number of rotatable bonds is 1. The third-order valence-corrected chi connectivity index (χ3v) is 8.35. The van der Waals surface area contributed by atoms with E-state index in [2.05, 4.69) is 6.92 Å². The average molecular weight is 346 g/mol. The first kappa shape index (κ1) is 17.2. The van der Waals surface area contributed by atoms with Crippen molar-refractivity contribution in [2.75, 3.05) is 0 Å². The van der Waals surface area contributed by atoms with Crippen LogP contribution in [-0.4, -0.2) is 23.6 Å². The molecule has 0 aliphatic heterocycles. The summed E-state index contributed by atoms with van der Waals surface area (Å²) in [5.41, 5.74) is -0.375. The molecule has 4 nitrogen and oxygen atoms in total. The van der Waals surface area contributed by atoms with Crippen LogP contribution in [0.25, 0.3) is 0 Å². The average Bonchev–Trinajstić information content (AvgIpc) is 2.82. The van der Waals surface area contributed by atoms with E-state index in [1.54, 1.807) is 0 Å². The van der Waals surface area contributed by atoms with Crippen molar-refractivity contribution in [3.8, 4) is 0 Å². The van der Waals surface area contributed by atoms with Crippen LogP contribution in [0.3, 0.4) is 0 Å². The van der Waals surface area contributed by atoms with E-state index in [-0.39, 0.29) is 23.4 Å². The zero-order valence-corrected chi connectivity index (χ0v) is 15.7. The van der Waals surface area contributed by atoms with E-state index in [1.807, 2.05) is 6.92 Å². The molecule has 0 radical (unpaired) electrons. The highest BCUT2D eigenvalue weighted by Gasteiger charge is 2.63. The fraction of sp³-hybridized carbons (Fsp3) is 0.857. The first-order valence-corrected chi connectivity index (χ1v) is 9.99. The van der Waals surface area contributed by atoms with Gasteiger partial charge in [-0.25, -0.2) is 0 Å². The van der Waals surface area contributed by atoms with E-state index in [9.17, 15) is 14.4 Å². The van der Waals surface area contributed by atoms with Crippen LogP contribution in [0.4, 0.5) is 0 Å². The van der Waals surface area contributed by atoms with Crippen molar-refractivity contribution in [3.05, 3.63) is 0 Å². The molecule has 4 fully saturated rings. The van der Waals surface area contributed by atoms with Gasteiger partial charge in [0.05, 0.1) is 0 Å². The van der Waals surface area contributed by atoms with Crippen molar-refractivity contribution in [2.45, 2.75) is 78.2 Å². The fourth-order valence-electron chi connectivity index (χ4n) is 7.15. The van der Waals surface area contributed by atoms with Gasteiger partial charge in [-0.1, -0.05) is 13.8 Å². The Hall–Kier alpha value is -1.19. The van der Waals surface area contributed by atoms with Crippen molar-refractivity contribution in [2.24, 2.45) is 34.5 Å². The van der Waals surface area contributed by atoms with Gasteiger partial charge in [-0.15, -0.1) is 0 Å². The number of esters is 1. The van der Waals surface area contributed by atoms with Crippen molar-refractivity contribution in [1.82, 2.24) is 0 Å². The highest BCUT2D eigenvalue weighted by Crippen LogP contribution is 2.64. The zero-order valence-electron chi connectivity index (χ0n) is 15.7. The van der Waals surface area contributed by atoms with Gasteiger partial charge in [-0.3, -0.25) is 14.4 Å². The molecule has 0 aromatic rings. The molecule has 138 valence electrons. The largest absolute Gasteiger partial charge is 0.463 e. The molecule has 0 unspecified atom stereocenters. The summed E-state index contributed by atoms with van der Waals surface area (Å²) >= 11 is 0. The Morgan fingerprint density at radius 3 is 2.60 bits per heavy atom. The van der Waals surface area contributed by atoms with Gasteiger partial charge in [-0.05, 0) is 61.7 Å². The predicted molar refractivity (Wildman–Crippen MR) is 92.7 cm³/mol. The zero-order chi connectivity index (χ0) is 18.0. The number of hydrogen-bond donors (Lipinski definition) is 0. The third-order valence-electron chi connectivity index (χ3n) is 8.35. The molecule has 25 heavy (non-hydrogen) atoms. The monoisotopic (exact) mass is 346 g/mol. The Kier molecular flexibility index (Phi) is 3.90. The fourth-order valence-corrected chi connectivity index (χ4v) is 7.15. The van der Waals surface area contributed by atoms with Crippen LogP contribution in [0.2, 0.25) is 0 Å². The molecule has 4 aliphatic rings. The molecular weight excluding hydrogens is 316 g/mol. The van der Waals surface area contributed by atoms with E-state index in [0.717, 1.165) is 38.5 Å². The van der Waals surface area contributed by atoms with E-state index < -0.39 is 5.41 Å². The summed E-state index contributed by atoms with van der Waals surface area (Å²) in [6.07, 6.45) is 6.97. The van der Waals surface area contributed by atoms with Crippen LogP contribution in [0.1, 0.15) is 72.1 Å². The lowest BCUT2D eigenvalue weighted by Gasteiger charge is -2.59. The quantitative estimate of drug-likeness (QED) is 0.679. The maximum atomic E-state index is 13.2. The SMILES string of the molecule is CC(=O)O[C@H]1CC[C@@]2(C)[C@@H](CC[C@@H]3[C@H]2C(=O)C[C@]2(C)C(=O)CC[C@@H]32)C1. The number of hydrogen-bond acceptors (Lipinski definition) is 4. The van der Waals surface area contributed by atoms with Crippen molar-refractivity contribution < 1.29 is 19.1 Å². The molecule has 7 atom stereocenters. The topological polar surface area (TPSA) is 60.4 Å². The van der Waals surface area contributed by atoms with Gasteiger partial charge < -0.3 is 4.74 Å². The second-order valence-electron chi connectivity index (χ2n) is 9.56. The molecule has 0 amide bonds. The maximum Gasteiger partial charge on any atom is 0.302 e. The summed E-state index contributed by atoms with van der Waals surface area (Å²) in [4.78, 5) is 37.0. The van der Waals surface area contributed by atoms with Gasteiger partial charge in [0.1, 0.15) is 17.7 Å². The van der Waals surface area contributed by atoms with E-state index >= 15 is 0 Å². The molecule has 4 saturated carbocycles. The minimum atomic E-state index is -0.392. The third kappa shape index (κ3) is 2.43. The van der Waals surface area contributed by atoms with E-state index in [1.165, 1.54) is 6.92 Å². The Morgan fingerprint density at radius 2 is 1.88 bits per heavy atom. The second-order valence-corrected chi connectivity index (χ2v) is 9.56. The van der Waals surface area contributed by atoms with Crippen LogP contribution in [0.5, 0.6) is 0 Å². The molecule has 0 spiro atoms. The van der Waals surface area contributed by atoms with Crippen molar-refractivity contribution >= 4 is 17.5 Å². The lowest BCUT2D eigenvalue weighted by Crippen LogP contribution is -2.57. The number of ketones is 2. The van der Waals surface area contributed by atoms with Crippen LogP contribution in [0, 0.1) is 34.5 Å². The molecule has 4 rings (SSSR count). The molecule has 0 aromatic carbocycles. The molecule has 0 bridgehead atoms. The number of carbonyl (C=O) groups is 3. The Bertz CT molecular complexity index is 625. The van der Waals surface area contributed by atoms with Crippen LogP contribution in [-0.2, 0) is 19.1 Å². The molecular formula is C21H30O4. The minimum absolute atomic E-state index is 0.0175. The lowest BCUT2D eigenvalue weighted by atomic mass is 9.45. The Labute approximate surface area is 150 Å². The number of carbonyl (C=O) groups excluding carboxylic acids is 3. The number of Topliss-reactive ketones (excluding diaryl/α,β-unsaturated/α-hetero) is 2. The van der Waals surface area contributed by atoms with Crippen LogP contribution >= 0.6 is 0 Å². The van der Waals surface area contributed by atoms with Gasteiger partial charge in [0.15, 0.2) is 0 Å². The molecule has 4 aliphatic carbocycles. The molecule has 0 saturated heterocycles. The van der Waals surface area contributed by atoms with Crippen molar-refractivity contribution in [1.29, 1.82) is 0 Å². The lowest BCUT2D eigenvalue weighted by molar-refractivity contribution is -0.168. The summed E-state index contributed by atoms with van der Waals surface area (Å²) in [5.74, 6) is 1.78. The standard InChI is InChI=1S/C21H30O4/c1-12(22)25-14-8-9-20(2)13(10-14)4-5-15-16-6-7-18(24)21(16,3)11-17(23)19(15)20/h13-16,19H,4-11H2,1-3H3/t13-,14-,15-,16-,19-,20-,21-/m0/s1. The summed E-state index contributed by atoms with van der Waals surface area (Å²) in [7, 11) is 0. The van der Waals surface area contributed by atoms with Gasteiger partial charge in [-0.2, -0.15) is 0 Å². The van der Waals surface area contributed by atoms with Crippen molar-refractivity contribution in [3.63, 3.8) is 0 Å². The van der Waals surface area contributed by atoms with Gasteiger partial charge >= 0.3 is 5.97 Å². The van der Waals surface area contributed by atoms with E-state index in [0.29, 0.717) is 42.2 Å². The summed E-state index contributed by atoms with van der Waals surface area (Å²) in [5, 5.41) is 0. The van der Waals surface area contributed by atoms with E-state index in [4.69, 9.17) is 4.74 Å². The molecule has 0 N–H and O–H groups in total. The first-order chi connectivity index (χ1) is 11.8. The number of fused-ring (bicyclic) bond motifs is 5. The summed E-state index contributed by atoms with van der Waals surface area (Å²) < 4.78 is 5.48. The first-order valence-electron chi connectivity index (χ1n) is 9.99. The molecule has 0 heterocycles. The highest BCUT2D eigenvalue weighted by atomic mass is 16.5. The summed E-state index contributed by atoms with van der Waals surface area (Å²) in [6, 6.07) is 0. The second kappa shape index (κ2) is 5.65. The normalized spacial score (nSPS) is 49.2. The van der Waals surface area contributed by atoms with Gasteiger partial charge in [0.2, 0.25) is 0 Å². The minimum Gasteiger partial charge on any atom is -0.463 e. The van der Waals surface area contributed by atoms with Gasteiger partial charge in [0, 0.05) is 31.1 Å². The highest BCUT2D eigenvalue weighted by molar-refractivity contribution is 5.95. The Balaban J connectivity index is 1.60. The van der Waals surface area contributed by atoms with Gasteiger partial charge in [0.25, 0.3) is 0 Å².